The molecular formula is C146H124. The maximum absolute atomic E-state index is 2.49. The molecule has 0 radical (unpaired) electrons. The summed E-state index contributed by atoms with van der Waals surface area (Å²) in [4.78, 5) is 0. The molecule has 0 heteroatoms. The Morgan fingerprint density at radius 2 is 0.623 bits per heavy atom. The van der Waals surface area contributed by atoms with E-state index in [1.54, 1.807) is 5.57 Å². The van der Waals surface area contributed by atoms with Crippen LogP contribution in [0.1, 0.15) is 154 Å². The third-order valence-corrected chi connectivity index (χ3v) is 32.0. The van der Waals surface area contributed by atoms with Crippen molar-refractivity contribution in [2.45, 2.75) is 116 Å². The summed E-state index contributed by atoms with van der Waals surface area (Å²) < 4.78 is 0. The molecule has 21 aromatic rings. The van der Waals surface area contributed by atoms with E-state index in [0.717, 1.165) is 19.3 Å². The van der Waals surface area contributed by atoms with Crippen molar-refractivity contribution in [1.82, 2.24) is 0 Å². The third-order valence-electron chi connectivity index (χ3n) is 32.0. The van der Waals surface area contributed by atoms with Crippen molar-refractivity contribution < 1.29 is 0 Å². The van der Waals surface area contributed by atoms with E-state index < -0.39 is 0 Å². The minimum Gasteiger partial charge on any atom is -0.0839 e. The largest absolute Gasteiger partial charge is 0.0839 e. The number of aryl methyl sites for hydroxylation is 1. The zero-order chi connectivity index (χ0) is 99.3. The van der Waals surface area contributed by atoms with Crippen LogP contribution >= 0.6 is 0 Å². The smallest absolute Gasteiger partial charge is 0.0159 e. The van der Waals surface area contributed by atoms with Crippen molar-refractivity contribution in [3.8, 4) is 44.5 Å². The highest BCUT2D eigenvalue weighted by Crippen LogP contribution is 2.58. The summed E-state index contributed by atoms with van der Waals surface area (Å²) in [6, 6.07) is 170. The molecule has 0 nitrogen and oxygen atoms in total. The molecule has 708 valence electrons. The molecule has 0 aromatic heterocycles. The zero-order valence-electron chi connectivity index (χ0n) is 85.0. The molecule has 2 atom stereocenters. The van der Waals surface area contributed by atoms with Crippen LogP contribution in [-0.4, -0.2) is 0 Å². The van der Waals surface area contributed by atoms with Gasteiger partial charge in [0.25, 0.3) is 0 Å². The SMILES string of the molecule is CC1(C)C2=C(CCC=C2)c2ccccc21.CC1(C)c2ccccc2-c2ccc(-c3ccc4cc5ccccc5cc4c3)cc21.CC1(C)c2ccccc2C2=CC=C(c3c4ccccc4c(C4=Cc5ccccc5CC4)c4cc(-c5ccc6ccccc6c5)ccc34)CC21.CC1(C)c2ccccc2C2=CC=CCC21.c1ccc(-c2ccc3cc4ccccc4cc3c2)cc1.c1ccccc1.c1ccccc1.c1ccccc1. The Labute approximate surface area is 863 Å². The van der Waals surface area contributed by atoms with Gasteiger partial charge < -0.3 is 0 Å². The predicted molar refractivity (Wildman–Crippen MR) is 631 cm³/mol. The molecule has 0 N–H and O–H groups in total. The fourth-order valence-corrected chi connectivity index (χ4v) is 24.3. The van der Waals surface area contributed by atoms with E-state index in [1.165, 1.54) is 234 Å². The lowest BCUT2D eigenvalue weighted by atomic mass is 9.71. The van der Waals surface area contributed by atoms with Gasteiger partial charge in [0, 0.05) is 10.8 Å². The van der Waals surface area contributed by atoms with Crippen LogP contribution in [0.5, 0.6) is 0 Å². The monoisotopic (exact) mass is 1880 g/mol. The number of hydrogen-bond donors (Lipinski definition) is 0. The standard InChI is InChI=1S/C49H38.C29H22.C20H14.2C15H16.3C6H6/c1-49(2)45-18-10-9-15-39(45)40-25-24-38(30-46(40)49)47-41-16-7-8-17-42(41)48(37-22-20-32-12-4-6-14-34(32)28-37)44-29-36(23-26-43(44)47)35-21-19-31-11-3-5-13-33(31)27-35;1-29(2)27-10-6-5-9-25(27)26-14-13-23(18-28(26)29)21-11-12-22-15-19-7-3-4-8-20(19)16-24(22)17-21;1-2-6-15(7-3-1)18-10-11-19-12-16-8-4-5-9-17(16)13-20(19)14-18;2*1-15(2)13-9-5-3-7-11(13)12-8-4-6-10-14(12)15;3*1-2-4-6-5-3-1/h3-19,21,23-29,46H,20,22,30H2,1-2H3;3-18H,1-2H3;1-14H;3,5-7,9-10H,4,8H2,1-2H3;3-9,14H,10H2,1-2H3;3*1-6H. The van der Waals surface area contributed by atoms with E-state index in [1.807, 2.05) is 109 Å². The Hall–Kier alpha value is -16.4. The first-order chi connectivity index (χ1) is 71.5. The second-order valence-corrected chi connectivity index (χ2v) is 42.2. The average molecular weight is 1880 g/mol. The first-order valence-corrected chi connectivity index (χ1v) is 52.4. The normalized spacial score (nSPS) is 16.1. The van der Waals surface area contributed by atoms with E-state index in [0.29, 0.717) is 17.3 Å². The van der Waals surface area contributed by atoms with Crippen molar-refractivity contribution >= 4 is 109 Å². The van der Waals surface area contributed by atoms with Gasteiger partial charge in [0.15, 0.2) is 0 Å². The topological polar surface area (TPSA) is 0 Å². The van der Waals surface area contributed by atoms with Crippen molar-refractivity contribution in [1.29, 1.82) is 0 Å². The lowest BCUT2D eigenvalue weighted by Gasteiger charge is -2.32. The van der Waals surface area contributed by atoms with E-state index in [4.69, 9.17) is 0 Å². The highest BCUT2D eigenvalue weighted by molar-refractivity contribution is 6.19. The average Bonchev–Trinajstić information content (AvgIpc) is 0.976. The zero-order valence-corrected chi connectivity index (χ0v) is 85.0. The van der Waals surface area contributed by atoms with Crippen LogP contribution in [0.25, 0.3) is 154 Å². The van der Waals surface area contributed by atoms with Crippen LogP contribution < -0.4 is 0 Å². The van der Waals surface area contributed by atoms with Crippen molar-refractivity contribution in [2.24, 2.45) is 11.8 Å². The van der Waals surface area contributed by atoms with E-state index in [-0.39, 0.29) is 16.2 Å². The fourth-order valence-electron chi connectivity index (χ4n) is 24.3. The molecule has 2 unspecified atom stereocenters. The van der Waals surface area contributed by atoms with Gasteiger partial charge in [-0.2, -0.15) is 0 Å². The van der Waals surface area contributed by atoms with Gasteiger partial charge >= 0.3 is 0 Å². The van der Waals surface area contributed by atoms with Crippen LogP contribution in [0, 0.1) is 11.8 Å². The summed E-state index contributed by atoms with van der Waals surface area (Å²) in [5.74, 6) is 1.13. The number of hydrogen-bond acceptors (Lipinski definition) is 0. The van der Waals surface area contributed by atoms with Crippen molar-refractivity contribution in [2.75, 3.05) is 0 Å². The van der Waals surface area contributed by atoms with Crippen LogP contribution in [-0.2, 0) is 28.1 Å². The highest BCUT2D eigenvalue weighted by atomic mass is 14.5. The van der Waals surface area contributed by atoms with Gasteiger partial charge in [0.1, 0.15) is 0 Å². The lowest BCUT2D eigenvalue weighted by Crippen LogP contribution is -2.25. The number of rotatable bonds is 5. The summed E-state index contributed by atoms with van der Waals surface area (Å²) >= 11 is 0. The fraction of sp³-hybridized carbons (Fsp3) is 0.137. The van der Waals surface area contributed by atoms with Crippen LogP contribution in [0.15, 0.2) is 521 Å². The summed E-state index contributed by atoms with van der Waals surface area (Å²) in [5, 5.41) is 18.4. The first-order valence-electron chi connectivity index (χ1n) is 52.4. The number of benzene rings is 21. The second kappa shape index (κ2) is 41.2. The molecule has 0 saturated heterocycles. The van der Waals surface area contributed by atoms with E-state index >= 15 is 0 Å². The summed E-state index contributed by atoms with van der Waals surface area (Å²) in [7, 11) is 0. The summed E-state index contributed by atoms with van der Waals surface area (Å²) in [6.45, 7) is 19.0. The molecule has 0 spiro atoms. The Morgan fingerprint density at radius 1 is 0.233 bits per heavy atom. The Bertz CT molecular complexity index is 8530. The maximum atomic E-state index is 2.49. The molecule has 0 heterocycles. The molecule has 8 aliphatic rings. The Balaban J connectivity index is 0.000000106. The number of fused-ring (bicyclic) bond motifs is 19. The Kier molecular flexibility index (Phi) is 26.6. The highest BCUT2D eigenvalue weighted by Gasteiger charge is 2.46. The molecule has 0 saturated carbocycles. The van der Waals surface area contributed by atoms with Gasteiger partial charge in [0.05, 0.1) is 0 Å². The van der Waals surface area contributed by atoms with Crippen molar-refractivity contribution in [3.05, 3.63) is 588 Å². The first kappa shape index (κ1) is 94.5. The molecule has 146 heavy (non-hydrogen) atoms. The molecule has 0 bridgehead atoms. The van der Waals surface area contributed by atoms with Gasteiger partial charge in [-0.15, -0.1) is 0 Å². The predicted octanol–water partition coefficient (Wildman–Crippen LogP) is 39.8. The molecule has 0 aliphatic heterocycles. The number of allylic oxidation sites excluding steroid dienone is 13. The molecule has 8 aliphatic carbocycles. The van der Waals surface area contributed by atoms with Crippen LogP contribution in [0.4, 0.5) is 0 Å². The quantitative estimate of drug-likeness (QED) is 0.151. The maximum Gasteiger partial charge on any atom is 0.0159 e. The second-order valence-electron chi connectivity index (χ2n) is 42.2. The summed E-state index contributed by atoms with van der Waals surface area (Å²) in [6.07, 6.45) is 25.5. The minimum absolute atomic E-state index is 0.0367. The lowest BCUT2D eigenvalue weighted by molar-refractivity contribution is 0.414. The molecule has 29 rings (SSSR count). The molecule has 0 amide bonds. The van der Waals surface area contributed by atoms with Crippen LogP contribution in [0.2, 0.25) is 0 Å². The van der Waals surface area contributed by atoms with Gasteiger partial charge in [0.2, 0.25) is 0 Å². The van der Waals surface area contributed by atoms with Gasteiger partial charge in [-0.1, -0.05) is 523 Å². The molecule has 0 fully saturated rings. The van der Waals surface area contributed by atoms with Gasteiger partial charge in [-0.05, 0) is 336 Å². The van der Waals surface area contributed by atoms with E-state index in [9.17, 15) is 0 Å². The van der Waals surface area contributed by atoms with Crippen LogP contribution in [0.3, 0.4) is 0 Å². The minimum atomic E-state index is 0.0367. The van der Waals surface area contributed by atoms with Gasteiger partial charge in [-0.25, -0.2) is 0 Å². The summed E-state index contributed by atoms with van der Waals surface area (Å²) in [5.41, 5.74) is 37.4. The van der Waals surface area contributed by atoms with Crippen molar-refractivity contribution in [3.63, 3.8) is 0 Å². The van der Waals surface area contributed by atoms with Gasteiger partial charge in [-0.3, -0.25) is 0 Å². The molecular weight excluding hydrogens is 1750 g/mol. The molecule has 21 aromatic carbocycles. The third kappa shape index (κ3) is 18.8. The Morgan fingerprint density at radius 3 is 1.20 bits per heavy atom. The van der Waals surface area contributed by atoms with E-state index in [2.05, 4.69) is 468 Å².